The Morgan fingerprint density at radius 1 is 1.47 bits per heavy atom. The molecule has 2 aromatic heterocycles. The first-order chi connectivity index (χ1) is 9.33. The van der Waals surface area contributed by atoms with Crippen molar-refractivity contribution in [3.05, 3.63) is 12.7 Å². The van der Waals surface area contributed by atoms with E-state index in [2.05, 4.69) is 24.8 Å². The van der Waals surface area contributed by atoms with Gasteiger partial charge in [-0.25, -0.2) is 15.0 Å². The Balaban J connectivity index is 1.94. The van der Waals surface area contributed by atoms with Crippen LogP contribution >= 0.6 is 0 Å². The lowest BCUT2D eigenvalue weighted by molar-refractivity contribution is 0.0708. The molecule has 0 aliphatic carbocycles. The number of nitrogens with two attached hydrogens (primary N) is 1. The Labute approximate surface area is 111 Å². The molecule has 3 rings (SSSR count). The monoisotopic (exact) mass is 262 g/mol. The predicted molar refractivity (Wildman–Crippen MR) is 71.9 cm³/mol. The van der Waals surface area contributed by atoms with Crippen molar-refractivity contribution in [1.29, 1.82) is 0 Å². The van der Waals surface area contributed by atoms with E-state index in [1.165, 1.54) is 0 Å². The molecular formula is C12H18N6O. The number of hydrogen-bond acceptors (Lipinski definition) is 6. The fourth-order valence-corrected chi connectivity index (χ4v) is 2.70. The maximum absolute atomic E-state index is 5.90. The van der Waals surface area contributed by atoms with Gasteiger partial charge in [0.1, 0.15) is 11.8 Å². The summed E-state index contributed by atoms with van der Waals surface area (Å²) in [5, 5.41) is 0. The average Bonchev–Trinajstić information content (AvgIpc) is 2.95. The summed E-state index contributed by atoms with van der Waals surface area (Å²) >= 11 is 0. The minimum atomic E-state index is 0.236. The van der Waals surface area contributed by atoms with Gasteiger partial charge in [0.2, 0.25) is 0 Å². The molecule has 3 heterocycles. The van der Waals surface area contributed by atoms with E-state index >= 15 is 0 Å². The van der Waals surface area contributed by atoms with Crippen LogP contribution < -0.4 is 10.6 Å². The molecule has 0 amide bonds. The first-order valence-electron chi connectivity index (χ1n) is 6.47. The lowest BCUT2D eigenvalue weighted by Gasteiger charge is -2.39. The molecule has 2 aromatic rings. The van der Waals surface area contributed by atoms with Gasteiger partial charge in [-0.15, -0.1) is 0 Å². The average molecular weight is 262 g/mol. The Kier molecular flexibility index (Phi) is 3.31. The summed E-state index contributed by atoms with van der Waals surface area (Å²) < 4.78 is 5.44. The highest BCUT2D eigenvalue weighted by Gasteiger charge is 2.29. The quantitative estimate of drug-likeness (QED) is 0.826. The summed E-state index contributed by atoms with van der Waals surface area (Å²) in [7, 11) is 1.76. The van der Waals surface area contributed by atoms with E-state index in [0.717, 1.165) is 30.7 Å². The molecule has 19 heavy (non-hydrogen) atoms. The molecule has 102 valence electrons. The number of fused-ring (bicyclic) bond motifs is 1. The van der Waals surface area contributed by atoms with Crippen molar-refractivity contribution < 1.29 is 4.74 Å². The van der Waals surface area contributed by atoms with Gasteiger partial charge in [-0.05, 0) is 12.8 Å². The zero-order chi connectivity index (χ0) is 13.2. The Hall–Kier alpha value is -1.73. The van der Waals surface area contributed by atoms with Gasteiger partial charge in [-0.2, -0.15) is 0 Å². The number of anilines is 1. The number of aromatic nitrogens is 4. The molecule has 0 spiro atoms. The summed E-state index contributed by atoms with van der Waals surface area (Å²) in [6, 6.07) is 0.236. The van der Waals surface area contributed by atoms with Crippen molar-refractivity contribution in [2.45, 2.75) is 25.0 Å². The molecule has 1 aliphatic heterocycles. The first-order valence-corrected chi connectivity index (χ1v) is 6.47. The van der Waals surface area contributed by atoms with Gasteiger partial charge in [0.05, 0.1) is 12.4 Å². The lowest BCUT2D eigenvalue weighted by Crippen LogP contribution is -2.49. The number of imidazole rings is 1. The van der Waals surface area contributed by atoms with Crippen molar-refractivity contribution in [2.75, 3.05) is 25.1 Å². The number of rotatable bonds is 3. The molecule has 1 fully saturated rings. The van der Waals surface area contributed by atoms with Crippen LogP contribution in [0.15, 0.2) is 12.7 Å². The maximum Gasteiger partial charge on any atom is 0.182 e. The minimum absolute atomic E-state index is 0.236. The van der Waals surface area contributed by atoms with E-state index in [4.69, 9.17) is 10.5 Å². The third-order valence-electron chi connectivity index (χ3n) is 3.75. The van der Waals surface area contributed by atoms with Crippen molar-refractivity contribution in [3.8, 4) is 0 Å². The zero-order valence-corrected chi connectivity index (χ0v) is 10.9. The van der Waals surface area contributed by atoms with Crippen molar-refractivity contribution in [2.24, 2.45) is 5.73 Å². The Bertz CT molecular complexity index is 556. The Morgan fingerprint density at radius 2 is 2.37 bits per heavy atom. The number of methoxy groups -OCH3 is 1. The number of aromatic amines is 1. The molecule has 1 saturated heterocycles. The second kappa shape index (κ2) is 5.10. The SMILES string of the molecule is COC1CCN(c2ncnc3nc[nH]c23)C(CN)C1. The molecule has 0 radical (unpaired) electrons. The summed E-state index contributed by atoms with van der Waals surface area (Å²) in [4.78, 5) is 18.0. The second-order valence-electron chi connectivity index (χ2n) is 4.76. The third-order valence-corrected chi connectivity index (χ3v) is 3.75. The van der Waals surface area contributed by atoms with Crippen LogP contribution in [0.5, 0.6) is 0 Å². The van der Waals surface area contributed by atoms with Crippen molar-refractivity contribution >= 4 is 17.0 Å². The smallest absolute Gasteiger partial charge is 0.182 e. The molecule has 7 heteroatoms. The van der Waals surface area contributed by atoms with Crippen LogP contribution in [0, 0.1) is 0 Å². The molecule has 0 saturated carbocycles. The summed E-state index contributed by atoms with van der Waals surface area (Å²) in [5.41, 5.74) is 7.46. The van der Waals surface area contributed by atoms with Crippen LogP contribution in [0.3, 0.4) is 0 Å². The lowest BCUT2D eigenvalue weighted by atomic mass is 9.99. The molecule has 7 nitrogen and oxygen atoms in total. The zero-order valence-electron chi connectivity index (χ0n) is 10.9. The standard InChI is InChI=1S/C12H18N6O/c1-19-9-2-3-18(8(4-9)5-13)12-10-11(15-6-14-10)16-7-17-12/h6-9H,2-5,13H2,1H3,(H,14,15,16,17). The highest BCUT2D eigenvalue weighted by Crippen LogP contribution is 2.27. The van der Waals surface area contributed by atoms with Crippen LogP contribution in [0.4, 0.5) is 5.82 Å². The molecular weight excluding hydrogens is 244 g/mol. The largest absolute Gasteiger partial charge is 0.381 e. The number of nitrogens with zero attached hydrogens (tertiary/aromatic N) is 4. The van der Waals surface area contributed by atoms with Crippen LogP contribution in [0.2, 0.25) is 0 Å². The number of hydrogen-bond donors (Lipinski definition) is 2. The van der Waals surface area contributed by atoms with Gasteiger partial charge in [0.25, 0.3) is 0 Å². The van der Waals surface area contributed by atoms with E-state index in [0.29, 0.717) is 12.2 Å². The maximum atomic E-state index is 5.90. The highest BCUT2D eigenvalue weighted by molar-refractivity contribution is 5.82. The fourth-order valence-electron chi connectivity index (χ4n) is 2.70. The van der Waals surface area contributed by atoms with Crippen LogP contribution in [0.25, 0.3) is 11.2 Å². The molecule has 1 aliphatic rings. The van der Waals surface area contributed by atoms with Gasteiger partial charge in [-0.1, -0.05) is 0 Å². The number of nitrogens with one attached hydrogen (secondary N) is 1. The van der Waals surface area contributed by atoms with Gasteiger partial charge in [0, 0.05) is 26.2 Å². The summed E-state index contributed by atoms with van der Waals surface area (Å²) in [6.07, 6.45) is 5.37. The molecule has 0 aromatic carbocycles. The molecule has 2 atom stereocenters. The molecule has 3 N–H and O–H groups in total. The predicted octanol–water partition coefficient (Wildman–Crippen LogP) is 0.295. The van der Waals surface area contributed by atoms with E-state index in [1.54, 1.807) is 19.8 Å². The Morgan fingerprint density at radius 3 is 3.16 bits per heavy atom. The normalized spacial score (nSPS) is 24.0. The topological polar surface area (TPSA) is 93.0 Å². The minimum Gasteiger partial charge on any atom is -0.381 e. The van der Waals surface area contributed by atoms with Crippen LogP contribution in [-0.4, -0.2) is 52.3 Å². The first kappa shape index (κ1) is 12.3. The second-order valence-corrected chi connectivity index (χ2v) is 4.76. The van der Waals surface area contributed by atoms with Crippen LogP contribution in [-0.2, 0) is 4.74 Å². The van der Waals surface area contributed by atoms with Gasteiger partial charge < -0.3 is 20.4 Å². The van der Waals surface area contributed by atoms with Gasteiger partial charge in [-0.3, -0.25) is 0 Å². The van der Waals surface area contributed by atoms with E-state index < -0.39 is 0 Å². The summed E-state index contributed by atoms with van der Waals surface area (Å²) in [5.74, 6) is 0.882. The van der Waals surface area contributed by atoms with E-state index in [-0.39, 0.29) is 12.1 Å². The van der Waals surface area contributed by atoms with Crippen molar-refractivity contribution in [1.82, 2.24) is 19.9 Å². The highest BCUT2D eigenvalue weighted by atomic mass is 16.5. The number of piperidine rings is 1. The number of ether oxygens (including phenoxy) is 1. The fraction of sp³-hybridized carbons (Fsp3) is 0.583. The van der Waals surface area contributed by atoms with Crippen molar-refractivity contribution in [3.63, 3.8) is 0 Å². The van der Waals surface area contributed by atoms with Gasteiger partial charge >= 0.3 is 0 Å². The van der Waals surface area contributed by atoms with E-state index in [1.807, 2.05) is 0 Å². The van der Waals surface area contributed by atoms with Crippen LogP contribution in [0.1, 0.15) is 12.8 Å². The van der Waals surface area contributed by atoms with E-state index in [9.17, 15) is 0 Å². The molecule has 2 unspecified atom stereocenters. The summed E-state index contributed by atoms with van der Waals surface area (Å²) in [6.45, 7) is 1.46. The third kappa shape index (κ3) is 2.15. The van der Waals surface area contributed by atoms with Gasteiger partial charge in [0.15, 0.2) is 11.5 Å². The number of H-pyrrole nitrogens is 1. The molecule has 0 bridgehead atoms.